The van der Waals surface area contributed by atoms with Crippen LogP contribution in [0, 0.1) is 23.2 Å². The second-order valence-corrected chi connectivity index (χ2v) is 8.31. The first-order valence-electron chi connectivity index (χ1n) is 8.30. The molecule has 0 saturated heterocycles. The molecule has 0 atom stereocenters. The van der Waals surface area contributed by atoms with Gasteiger partial charge < -0.3 is 4.43 Å². The van der Waals surface area contributed by atoms with Gasteiger partial charge in [0, 0.05) is 6.61 Å². The van der Waals surface area contributed by atoms with Crippen LogP contribution >= 0.6 is 0 Å². The minimum atomic E-state index is 0.459. The summed E-state index contributed by atoms with van der Waals surface area (Å²) in [5.74, 6) is 2.43. The second kappa shape index (κ2) is 9.98. The molecule has 2 heteroatoms. The Morgan fingerprint density at radius 1 is 0.737 bits per heavy atom. The molecule has 0 spiro atoms. The lowest BCUT2D eigenvalue weighted by Gasteiger charge is -2.36. The van der Waals surface area contributed by atoms with Gasteiger partial charge in [0.25, 0.3) is 0 Å². The molecule has 0 aliphatic heterocycles. The van der Waals surface area contributed by atoms with E-state index in [1.807, 2.05) is 0 Å². The average Bonchev–Trinajstić information content (AvgIpc) is 2.31. The van der Waals surface area contributed by atoms with Crippen molar-refractivity contribution in [3.63, 3.8) is 0 Å². The van der Waals surface area contributed by atoms with Gasteiger partial charge in [0.1, 0.15) is 10.5 Å². The highest BCUT2D eigenvalue weighted by molar-refractivity contribution is 5.97. The molecule has 116 valence electrons. The quantitative estimate of drug-likeness (QED) is 0.505. The van der Waals surface area contributed by atoms with E-state index in [0.717, 1.165) is 34.8 Å². The highest BCUT2D eigenvalue weighted by Gasteiger charge is 2.29. The fraction of sp³-hybridized carbons (Fsp3) is 1.00. The molecule has 0 bridgehead atoms. The molecule has 0 aliphatic rings. The van der Waals surface area contributed by atoms with Crippen LogP contribution in [-0.4, -0.2) is 17.1 Å². The summed E-state index contributed by atoms with van der Waals surface area (Å²) in [6, 6.07) is 0. The van der Waals surface area contributed by atoms with Gasteiger partial charge in [0.05, 0.1) is 0 Å². The lowest BCUT2D eigenvalue weighted by atomic mass is 9.73. The molecule has 0 aromatic carbocycles. The molecule has 0 aliphatic carbocycles. The third-order valence-corrected chi connectivity index (χ3v) is 4.50. The van der Waals surface area contributed by atoms with E-state index in [1.165, 1.54) is 38.5 Å². The van der Waals surface area contributed by atoms with Gasteiger partial charge in [0.2, 0.25) is 0 Å². The summed E-state index contributed by atoms with van der Waals surface area (Å²) >= 11 is 0. The van der Waals surface area contributed by atoms with Crippen LogP contribution in [0.25, 0.3) is 0 Å². The highest BCUT2D eigenvalue weighted by Crippen LogP contribution is 2.38. The number of rotatable bonds is 11. The molecule has 19 heavy (non-hydrogen) atoms. The Bertz CT molecular complexity index is 180. The van der Waals surface area contributed by atoms with Crippen molar-refractivity contribution in [3.05, 3.63) is 0 Å². The van der Waals surface area contributed by atoms with Gasteiger partial charge in [-0.3, -0.25) is 0 Å². The first-order chi connectivity index (χ1) is 8.81. The Morgan fingerprint density at radius 2 is 1.05 bits per heavy atom. The summed E-state index contributed by atoms with van der Waals surface area (Å²) in [5, 5.41) is 0. The Labute approximate surface area is 125 Å². The van der Waals surface area contributed by atoms with Gasteiger partial charge in [0.15, 0.2) is 0 Å². The zero-order valence-corrected chi connectivity index (χ0v) is 16.6. The third kappa shape index (κ3) is 9.67. The first kappa shape index (κ1) is 19.2. The smallest absolute Gasteiger partial charge is 0.145 e. The van der Waals surface area contributed by atoms with Crippen LogP contribution in [0.3, 0.4) is 0 Å². The van der Waals surface area contributed by atoms with Gasteiger partial charge in [-0.05, 0) is 42.4 Å². The summed E-state index contributed by atoms with van der Waals surface area (Å²) in [7, 11) is 0.880. The van der Waals surface area contributed by atoms with Crippen molar-refractivity contribution in [1.29, 1.82) is 0 Å². The first-order valence-corrected chi connectivity index (χ1v) is 9.12. The van der Waals surface area contributed by atoms with Gasteiger partial charge in [-0.25, -0.2) is 0 Å². The molecular weight excluding hydrogens is 248 g/mol. The summed E-state index contributed by atoms with van der Waals surface area (Å²) in [6.07, 6.45) is 8.11. The summed E-state index contributed by atoms with van der Waals surface area (Å²) in [6.45, 7) is 15.1. The lowest BCUT2D eigenvalue weighted by molar-refractivity contribution is 0.0970. The molecular formula is C17H38OSi. The monoisotopic (exact) mass is 286 g/mol. The zero-order chi connectivity index (χ0) is 14.9. The normalized spacial score (nSPS) is 13.1. The molecule has 0 N–H and O–H groups in total. The maximum Gasteiger partial charge on any atom is 0.145 e. The minimum absolute atomic E-state index is 0.459. The molecule has 0 aromatic heterocycles. The minimum Gasteiger partial charge on any atom is -0.427 e. The van der Waals surface area contributed by atoms with Gasteiger partial charge >= 0.3 is 0 Å². The molecule has 0 rings (SSSR count). The second-order valence-electron chi connectivity index (χ2n) is 7.73. The van der Waals surface area contributed by atoms with Crippen LogP contribution in [0.2, 0.25) is 0 Å². The molecule has 0 fully saturated rings. The van der Waals surface area contributed by atoms with E-state index in [2.05, 4.69) is 41.5 Å². The van der Waals surface area contributed by atoms with Crippen LogP contribution < -0.4 is 0 Å². The van der Waals surface area contributed by atoms with E-state index in [0.29, 0.717) is 5.41 Å². The molecule has 0 saturated carbocycles. The predicted molar refractivity (Wildman–Crippen MR) is 90.5 cm³/mol. The number of hydrogen-bond donors (Lipinski definition) is 0. The average molecular weight is 287 g/mol. The Kier molecular flexibility index (Phi) is 10.1. The molecule has 0 unspecified atom stereocenters. The SMILES string of the molecule is CC(C)CCC(CCC(C)C)(CCC(C)C)CO[SiH3]. The van der Waals surface area contributed by atoms with E-state index in [9.17, 15) is 0 Å². The highest BCUT2D eigenvalue weighted by atomic mass is 28.2. The Hall–Kier alpha value is 0.177. The van der Waals surface area contributed by atoms with Crippen molar-refractivity contribution < 1.29 is 4.43 Å². The van der Waals surface area contributed by atoms with Gasteiger partial charge in [-0.2, -0.15) is 0 Å². The summed E-state index contributed by atoms with van der Waals surface area (Å²) < 4.78 is 5.74. The van der Waals surface area contributed by atoms with Crippen molar-refractivity contribution in [1.82, 2.24) is 0 Å². The molecule has 1 nitrogen and oxygen atoms in total. The summed E-state index contributed by atoms with van der Waals surface area (Å²) in [4.78, 5) is 0. The van der Waals surface area contributed by atoms with Crippen molar-refractivity contribution in [2.75, 3.05) is 6.61 Å². The Balaban J connectivity index is 4.65. The zero-order valence-electron chi connectivity index (χ0n) is 14.6. The van der Waals surface area contributed by atoms with Crippen molar-refractivity contribution in [2.24, 2.45) is 23.2 Å². The van der Waals surface area contributed by atoms with Crippen LogP contribution in [0.5, 0.6) is 0 Å². The van der Waals surface area contributed by atoms with Crippen LogP contribution in [-0.2, 0) is 4.43 Å². The predicted octanol–water partition coefficient (Wildman–Crippen LogP) is 4.58. The maximum absolute atomic E-state index is 5.74. The van der Waals surface area contributed by atoms with Crippen LogP contribution in [0.1, 0.15) is 80.1 Å². The molecule has 0 heterocycles. The Morgan fingerprint density at radius 3 is 1.26 bits per heavy atom. The van der Waals surface area contributed by atoms with Crippen LogP contribution in [0.15, 0.2) is 0 Å². The topological polar surface area (TPSA) is 9.23 Å². The van der Waals surface area contributed by atoms with E-state index in [1.54, 1.807) is 0 Å². The molecule has 0 aromatic rings. The van der Waals surface area contributed by atoms with Gasteiger partial charge in [-0.15, -0.1) is 0 Å². The maximum atomic E-state index is 5.74. The van der Waals surface area contributed by atoms with E-state index in [4.69, 9.17) is 4.43 Å². The fourth-order valence-electron chi connectivity index (χ4n) is 2.68. The lowest BCUT2D eigenvalue weighted by Crippen LogP contribution is -2.28. The number of hydrogen-bond acceptors (Lipinski definition) is 1. The summed E-state index contributed by atoms with van der Waals surface area (Å²) in [5.41, 5.74) is 0.459. The molecule has 0 amide bonds. The van der Waals surface area contributed by atoms with Crippen molar-refractivity contribution in [2.45, 2.75) is 80.1 Å². The van der Waals surface area contributed by atoms with Crippen molar-refractivity contribution in [3.8, 4) is 0 Å². The fourth-order valence-corrected chi connectivity index (χ4v) is 3.29. The van der Waals surface area contributed by atoms with Gasteiger partial charge in [-0.1, -0.05) is 60.8 Å². The van der Waals surface area contributed by atoms with E-state index >= 15 is 0 Å². The third-order valence-electron chi connectivity index (χ3n) is 4.21. The van der Waals surface area contributed by atoms with Crippen molar-refractivity contribution >= 4 is 10.5 Å². The molecule has 0 radical (unpaired) electrons. The standard InChI is InChI=1S/C17H38OSi/c1-14(2)7-10-17(13-18-19,11-8-15(3)4)12-9-16(5)6/h14-16H,7-13H2,1-6,19H3. The van der Waals surface area contributed by atoms with E-state index < -0.39 is 0 Å². The van der Waals surface area contributed by atoms with Crippen LogP contribution in [0.4, 0.5) is 0 Å². The van der Waals surface area contributed by atoms with E-state index in [-0.39, 0.29) is 0 Å². The largest absolute Gasteiger partial charge is 0.427 e.